The number of aromatic nitrogens is 3. The SMILES string of the molecule is Nc1nc(-c2ccccc2)nc(C2CCOCC2)n1. The van der Waals surface area contributed by atoms with Gasteiger partial charge in [-0.2, -0.15) is 9.97 Å². The van der Waals surface area contributed by atoms with E-state index in [1.165, 1.54) is 0 Å². The van der Waals surface area contributed by atoms with E-state index in [1.807, 2.05) is 30.3 Å². The standard InChI is InChI=1S/C14H16N4O/c15-14-17-12(10-4-2-1-3-5-10)16-13(18-14)11-6-8-19-9-7-11/h1-5,11H,6-9H2,(H2,15,16,17,18). The molecule has 1 aromatic carbocycles. The van der Waals surface area contributed by atoms with Crippen LogP contribution < -0.4 is 5.73 Å². The average Bonchev–Trinajstić information content (AvgIpc) is 2.48. The van der Waals surface area contributed by atoms with Crippen LogP contribution in [0.5, 0.6) is 0 Å². The Labute approximate surface area is 111 Å². The highest BCUT2D eigenvalue weighted by Crippen LogP contribution is 2.26. The molecule has 0 bridgehead atoms. The van der Waals surface area contributed by atoms with Crippen molar-refractivity contribution in [2.24, 2.45) is 0 Å². The van der Waals surface area contributed by atoms with Gasteiger partial charge in [-0.05, 0) is 12.8 Å². The smallest absolute Gasteiger partial charge is 0.223 e. The first-order chi connectivity index (χ1) is 9.33. The highest BCUT2D eigenvalue weighted by molar-refractivity contribution is 5.55. The first-order valence-electron chi connectivity index (χ1n) is 6.47. The highest BCUT2D eigenvalue weighted by atomic mass is 16.5. The Morgan fingerprint density at radius 2 is 1.74 bits per heavy atom. The summed E-state index contributed by atoms with van der Waals surface area (Å²) in [4.78, 5) is 13.1. The zero-order chi connectivity index (χ0) is 13.1. The summed E-state index contributed by atoms with van der Waals surface area (Å²) in [6.07, 6.45) is 1.88. The van der Waals surface area contributed by atoms with Gasteiger partial charge in [0.2, 0.25) is 5.95 Å². The lowest BCUT2D eigenvalue weighted by Gasteiger charge is -2.20. The van der Waals surface area contributed by atoms with Gasteiger partial charge in [-0.25, -0.2) is 4.98 Å². The zero-order valence-corrected chi connectivity index (χ0v) is 10.6. The van der Waals surface area contributed by atoms with Gasteiger partial charge in [0.05, 0.1) is 0 Å². The average molecular weight is 256 g/mol. The lowest BCUT2D eigenvalue weighted by atomic mass is 9.99. The molecule has 0 aliphatic carbocycles. The van der Waals surface area contributed by atoms with Gasteiger partial charge in [-0.3, -0.25) is 0 Å². The number of hydrogen-bond donors (Lipinski definition) is 1. The molecule has 0 amide bonds. The molecule has 5 heteroatoms. The normalized spacial score (nSPS) is 16.4. The molecule has 0 atom stereocenters. The van der Waals surface area contributed by atoms with Gasteiger partial charge in [0.1, 0.15) is 5.82 Å². The summed E-state index contributed by atoms with van der Waals surface area (Å²) in [5.41, 5.74) is 6.77. The van der Waals surface area contributed by atoms with E-state index in [-0.39, 0.29) is 5.95 Å². The molecule has 1 fully saturated rings. The topological polar surface area (TPSA) is 73.9 Å². The van der Waals surface area contributed by atoms with Crippen LogP contribution in [-0.4, -0.2) is 28.2 Å². The third kappa shape index (κ3) is 2.71. The molecule has 2 aromatic rings. The maximum atomic E-state index is 5.81. The van der Waals surface area contributed by atoms with Crippen LogP contribution in [0.25, 0.3) is 11.4 Å². The number of hydrogen-bond acceptors (Lipinski definition) is 5. The summed E-state index contributed by atoms with van der Waals surface area (Å²) in [6.45, 7) is 1.52. The van der Waals surface area contributed by atoms with E-state index in [0.717, 1.165) is 37.4 Å². The number of ether oxygens (including phenoxy) is 1. The Morgan fingerprint density at radius 3 is 2.47 bits per heavy atom. The third-order valence-corrected chi connectivity index (χ3v) is 3.29. The largest absolute Gasteiger partial charge is 0.381 e. The van der Waals surface area contributed by atoms with Crippen molar-refractivity contribution in [3.8, 4) is 11.4 Å². The highest BCUT2D eigenvalue weighted by Gasteiger charge is 2.20. The predicted molar refractivity (Wildman–Crippen MR) is 72.5 cm³/mol. The van der Waals surface area contributed by atoms with Gasteiger partial charge in [0.25, 0.3) is 0 Å². The van der Waals surface area contributed by atoms with E-state index in [4.69, 9.17) is 10.5 Å². The number of benzene rings is 1. The molecule has 0 radical (unpaired) electrons. The van der Waals surface area contributed by atoms with E-state index in [0.29, 0.717) is 11.7 Å². The fourth-order valence-electron chi connectivity index (χ4n) is 2.26. The van der Waals surface area contributed by atoms with Gasteiger partial charge < -0.3 is 10.5 Å². The summed E-state index contributed by atoms with van der Waals surface area (Å²) < 4.78 is 5.36. The molecule has 0 unspecified atom stereocenters. The fourth-order valence-corrected chi connectivity index (χ4v) is 2.26. The number of rotatable bonds is 2. The van der Waals surface area contributed by atoms with E-state index in [1.54, 1.807) is 0 Å². The molecular weight excluding hydrogens is 240 g/mol. The van der Waals surface area contributed by atoms with E-state index < -0.39 is 0 Å². The number of anilines is 1. The fraction of sp³-hybridized carbons (Fsp3) is 0.357. The first kappa shape index (κ1) is 12.0. The Morgan fingerprint density at radius 1 is 1.00 bits per heavy atom. The van der Waals surface area contributed by atoms with Crippen molar-refractivity contribution in [2.75, 3.05) is 18.9 Å². The Kier molecular flexibility index (Phi) is 3.37. The van der Waals surface area contributed by atoms with Gasteiger partial charge in [-0.15, -0.1) is 0 Å². The Hall–Kier alpha value is -2.01. The van der Waals surface area contributed by atoms with Crippen molar-refractivity contribution < 1.29 is 4.74 Å². The van der Waals surface area contributed by atoms with Crippen molar-refractivity contribution in [1.82, 2.24) is 15.0 Å². The molecule has 0 spiro atoms. The molecule has 1 aromatic heterocycles. The maximum Gasteiger partial charge on any atom is 0.223 e. The molecule has 19 heavy (non-hydrogen) atoms. The Balaban J connectivity index is 1.96. The Bertz CT molecular complexity index is 553. The molecule has 2 N–H and O–H groups in total. The summed E-state index contributed by atoms with van der Waals surface area (Å²) in [5.74, 6) is 2.04. The second kappa shape index (κ2) is 5.32. The summed E-state index contributed by atoms with van der Waals surface area (Å²) >= 11 is 0. The van der Waals surface area contributed by atoms with Crippen LogP contribution >= 0.6 is 0 Å². The monoisotopic (exact) mass is 256 g/mol. The van der Waals surface area contributed by atoms with Gasteiger partial charge >= 0.3 is 0 Å². The van der Waals surface area contributed by atoms with Gasteiger partial charge in [0.15, 0.2) is 5.82 Å². The summed E-state index contributed by atoms with van der Waals surface area (Å²) in [6, 6.07) is 9.84. The third-order valence-electron chi connectivity index (χ3n) is 3.29. The molecule has 5 nitrogen and oxygen atoms in total. The van der Waals surface area contributed by atoms with Crippen molar-refractivity contribution in [2.45, 2.75) is 18.8 Å². The molecular formula is C14H16N4O. The number of nitrogen functional groups attached to an aromatic ring is 1. The molecule has 1 aliphatic heterocycles. The first-order valence-corrected chi connectivity index (χ1v) is 6.47. The maximum absolute atomic E-state index is 5.81. The minimum absolute atomic E-state index is 0.287. The molecule has 98 valence electrons. The number of nitrogens with two attached hydrogens (primary N) is 1. The second-order valence-corrected chi connectivity index (χ2v) is 4.63. The quantitative estimate of drug-likeness (QED) is 0.889. The minimum Gasteiger partial charge on any atom is -0.381 e. The second-order valence-electron chi connectivity index (χ2n) is 4.63. The van der Waals surface area contributed by atoms with Crippen LogP contribution in [-0.2, 0) is 4.74 Å². The lowest BCUT2D eigenvalue weighted by molar-refractivity contribution is 0.0836. The van der Waals surface area contributed by atoms with Crippen molar-refractivity contribution in [3.05, 3.63) is 36.2 Å². The van der Waals surface area contributed by atoms with Crippen LogP contribution in [0.4, 0.5) is 5.95 Å². The van der Waals surface area contributed by atoms with E-state index >= 15 is 0 Å². The molecule has 1 saturated heterocycles. The molecule has 1 aliphatic rings. The molecule has 2 heterocycles. The summed E-state index contributed by atoms with van der Waals surface area (Å²) in [7, 11) is 0. The van der Waals surface area contributed by atoms with Crippen LogP contribution in [0.3, 0.4) is 0 Å². The van der Waals surface area contributed by atoms with Crippen molar-refractivity contribution >= 4 is 5.95 Å². The molecule has 3 rings (SSSR count). The van der Waals surface area contributed by atoms with Crippen LogP contribution in [0.2, 0.25) is 0 Å². The van der Waals surface area contributed by atoms with Gasteiger partial charge in [0, 0.05) is 24.7 Å². The summed E-state index contributed by atoms with van der Waals surface area (Å²) in [5, 5.41) is 0. The number of nitrogens with zero attached hydrogens (tertiary/aromatic N) is 3. The zero-order valence-electron chi connectivity index (χ0n) is 10.6. The van der Waals surface area contributed by atoms with E-state index in [2.05, 4.69) is 15.0 Å². The van der Waals surface area contributed by atoms with E-state index in [9.17, 15) is 0 Å². The lowest BCUT2D eigenvalue weighted by Crippen LogP contribution is -2.17. The van der Waals surface area contributed by atoms with Crippen LogP contribution in [0, 0.1) is 0 Å². The molecule has 0 saturated carbocycles. The minimum atomic E-state index is 0.287. The van der Waals surface area contributed by atoms with Crippen LogP contribution in [0.15, 0.2) is 30.3 Å². The van der Waals surface area contributed by atoms with Crippen LogP contribution in [0.1, 0.15) is 24.6 Å². The van der Waals surface area contributed by atoms with Crippen molar-refractivity contribution in [3.63, 3.8) is 0 Å². The predicted octanol–water partition coefficient (Wildman–Crippen LogP) is 2.01. The van der Waals surface area contributed by atoms with Gasteiger partial charge in [-0.1, -0.05) is 30.3 Å². The van der Waals surface area contributed by atoms with Crippen molar-refractivity contribution in [1.29, 1.82) is 0 Å².